The van der Waals surface area contributed by atoms with Gasteiger partial charge in [-0.2, -0.15) is 0 Å². The summed E-state index contributed by atoms with van der Waals surface area (Å²) in [5, 5.41) is 0.959. The predicted molar refractivity (Wildman–Crippen MR) is 110 cm³/mol. The van der Waals surface area contributed by atoms with Gasteiger partial charge in [-0.15, -0.1) is 0 Å². The first-order chi connectivity index (χ1) is 13.3. The number of hydrogen-bond acceptors (Lipinski definition) is 3. The molecule has 1 heterocycles. The molecule has 0 N–H and O–H groups in total. The van der Waals surface area contributed by atoms with Crippen molar-refractivity contribution in [2.24, 2.45) is 0 Å². The van der Waals surface area contributed by atoms with Gasteiger partial charge in [-0.3, -0.25) is 0 Å². The fraction of sp³-hybridized carbons (Fsp3) is 0.130. The zero-order chi connectivity index (χ0) is 19.9. The van der Waals surface area contributed by atoms with Crippen molar-refractivity contribution >= 4 is 20.8 Å². The number of rotatable bonds is 4. The Morgan fingerprint density at radius 1 is 0.857 bits per heavy atom. The lowest BCUT2D eigenvalue weighted by molar-refractivity contribution is 0.558. The molecule has 4 rings (SSSR count). The van der Waals surface area contributed by atoms with Gasteiger partial charge >= 0.3 is 0 Å². The number of hydrogen-bond donors (Lipinski definition) is 0. The van der Waals surface area contributed by atoms with Crippen molar-refractivity contribution in [3.8, 4) is 22.3 Å². The third-order valence-corrected chi connectivity index (χ3v) is 5.92. The van der Waals surface area contributed by atoms with Crippen molar-refractivity contribution in [1.29, 1.82) is 0 Å². The van der Waals surface area contributed by atoms with Gasteiger partial charge in [-0.25, -0.2) is 12.8 Å². The standard InChI is InChI=1S/C23H19FO3S/c1-3-20-13-18-12-17(15-6-10-21(11-7-15)28(2,25)26)14-22(23(18)27-20)16-4-8-19(24)9-5-16/h4-14H,3H2,1-2H3. The molecular formula is C23H19FO3S. The van der Waals surface area contributed by atoms with Gasteiger partial charge in [0.25, 0.3) is 0 Å². The maximum Gasteiger partial charge on any atom is 0.175 e. The van der Waals surface area contributed by atoms with Crippen LogP contribution in [0, 0.1) is 5.82 Å². The summed E-state index contributed by atoms with van der Waals surface area (Å²) in [5.74, 6) is 0.587. The van der Waals surface area contributed by atoms with Gasteiger partial charge in [0.1, 0.15) is 17.2 Å². The van der Waals surface area contributed by atoms with E-state index in [0.29, 0.717) is 0 Å². The van der Waals surface area contributed by atoms with Crippen LogP contribution in [0.4, 0.5) is 4.39 Å². The second-order valence-corrected chi connectivity index (χ2v) is 8.83. The Morgan fingerprint density at radius 3 is 2.11 bits per heavy atom. The van der Waals surface area contributed by atoms with E-state index in [0.717, 1.165) is 45.4 Å². The third-order valence-electron chi connectivity index (χ3n) is 4.79. The molecule has 4 aromatic rings. The van der Waals surface area contributed by atoms with Crippen LogP contribution in [0.5, 0.6) is 0 Å². The number of benzene rings is 3. The van der Waals surface area contributed by atoms with E-state index in [-0.39, 0.29) is 10.7 Å². The summed E-state index contributed by atoms with van der Waals surface area (Å²) in [4.78, 5) is 0.285. The maximum atomic E-state index is 13.4. The Morgan fingerprint density at radius 2 is 1.50 bits per heavy atom. The van der Waals surface area contributed by atoms with Crippen LogP contribution < -0.4 is 0 Å². The molecule has 0 atom stereocenters. The van der Waals surface area contributed by atoms with E-state index in [9.17, 15) is 12.8 Å². The lowest BCUT2D eigenvalue weighted by Gasteiger charge is -2.09. The van der Waals surface area contributed by atoms with Gasteiger partial charge in [0.15, 0.2) is 9.84 Å². The molecule has 0 fully saturated rings. The first-order valence-electron chi connectivity index (χ1n) is 8.98. The van der Waals surface area contributed by atoms with E-state index < -0.39 is 9.84 Å². The van der Waals surface area contributed by atoms with Crippen LogP contribution in [0.15, 0.2) is 76.0 Å². The Hall–Kier alpha value is -2.92. The first-order valence-corrected chi connectivity index (χ1v) is 10.9. The van der Waals surface area contributed by atoms with E-state index >= 15 is 0 Å². The summed E-state index contributed by atoms with van der Waals surface area (Å²) >= 11 is 0. The number of halogens is 1. The van der Waals surface area contributed by atoms with E-state index in [1.165, 1.54) is 18.4 Å². The Balaban J connectivity index is 1.91. The van der Waals surface area contributed by atoms with Gasteiger partial charge in [0, 0.05) is 23.6 Å². The lowest BCUT2D eigenvalue weighted by atomic mass is 9.97. The molecule has 0 bridgehead atoms. The number of sulfone groups is 1. The van der Waals surface area contributed by atoms with Crippen LogP contribution in [-0.4, -0.2) is 14.7 Å². The summed E-state index contributed by atoms with van der Waals surface area (Å²) in [7, 11) is -3.24. The zero-order valence-corrected chi connectivity index (χ0v) is 16.4. The molecule has 0 aliphatic heterocycles. The summed E-state index contributed by atoms with van der Waals surface area (Å²) in [6.45, 7) is 2.03. The molecule has 0 spiro atoms. The normalized spacial score (nSPS) is 11.8. The van der Waals surface area contributed by atoms with Crippen molar-refractivity contribution in [3.05, 3.63) is 78.3 Å². The minimum atomic E-state index is -3.24. The van der Waals surface area contributed by atoms with Gasteiger partial charge in [-0.05, 0) is 59.2 Å². The second-order valence-electron chi connectivity index (χ2n) is 6.81. The molecule has 0 aliphatic carbocycles. The molecule has 0 saturated carbocycles. The molecule has 5 heteroatoms. The highest BCUT2D eigenvalue weighted by Crippen LogP contribution is 2.36. The average Bonchev–Trinajstić information content (AvgIpc) is 3.11. The van der Waals surface area contributed by atoms with Gasteiger partial charge in [0.2, 0.25) is 0 Å². The summed E-state index contributed by atoms with van der Waals surface area (Å²) < 4.78 is 42.8. The molecule has 0 radical (unpaired) electrons. The van der Waals surface area contributed by atoms with Crippen molar-refractivity contribution < 1.29 is 17.2 Å². The smallest absolute Gasteiger partial charge is 0.175 e. The van der Waals surface area contributed by atoms with Crippen LogP contribution in [0.2, 0.25) is 0 Å². The lowest BCUT2D eigenvalue weighted by Crippen LogP contribution is -1.96. The van der Waals surface area contributed by atoms with Gasteiger partial charge in [-0.1, -0.05) is 31.2 Å². The SMILES string of the molecule is CCc1cc2cc(-c3ccc(S(C)(=O)=O)cc3)cc(-c3ccc(F)cc3)c2o1. The summed E-state index contributed by atoms with van der Waals surface area (Å²) in [6.07, 6.45) is 1.97. The van der Waals surface area contributed by atoms with Gasteiger partial charge < -0.3 is 4.42 Å². The Bertz CT molecular complexity index is 1250. The van der Waals surface area contributed by atoms with E-state index in [4.69, 9.17) is 4.42 Å². The highest BCUT2D eigenvalue weighted by molar-refractivity contribution is 7.90. The van der Waals surface area contributed by atoms with Crippen molar-refractivity contribution in [1.82, 2.24) is 0 Å². The Kier molecular flexibility index (Phi) is 4.55. The molecule has 142 valence electrons. The Labute approximate surface area is 163 Å². The zero-order valence-electron chi connectivity index (χ0n) is 15.6. The molecule has 3 aromatic carbocycles. The topological polar surface area (TPSA) is 47.3 Å². The third kappa shape index (κ3) is 3.45. The highest BCUT2D eigenvalue weighted by Gasteiger charge is 2.14. The molecule has 0 saturated heterocycles. The summed E-state index contributed by atoms with van der Waals surface area (Å²) in [6, 6.07) is 19.2. The number of aryl methyl sites for hydroxylation is 1. The molecule has 0 unspecified atom stereocenters. The largest absolute Gasteiger partial charge is 0.460 e. The van der Waals surface area contributed by atoms with Crippen molar-refractivity contribution in [3.63, 3.8) is 0 Å². The van der Waals surface area contributed by atoms with Crippen molar-refractivity contribution in [2.45, 2.75) is 18.2 Å². The molecule has 0 amide bonds. The average molecular weight is 394 g/mol. The maximum absolute atomic E-state index is 13.4. The highest BCUT2D eigenvalue weighted by atomic mass is 32.2. The van der Waals surface area contributed by atoms with E-state index in [1.807, 2.05) is 25.1 Å². The number of fused-ring (bicyclic) bond motifs is 1. The minimum absolute atomic E-state index is 0.285. The van der Waals surface area contributed by atoms with Crippen LogP contribution >= 0.6 is 0 Å². The first kappa shape index (κ1) is 18.4. The fourth-order valence-corrected chi connectivity index (χ4v) is 3.92. The van der Waals surface area contributed by atoms with Crippen LogP contribution in [0.1, 0.15) is 12.7 Å². The van der Waals surface area contributed by atoms with E-state index in [1.54, 1.807) is 36.4 Å². The molecule has 0 aliphatic rings. The van der Waals surface area contributed by atoms with Crippen molar-refractivity contribution in [2.75, 3.05) is 6.26 Å². The van der Waals surface area contributed by atoms with Crippen LogP contribution in [-0.2, 0) is 16.3 Å². The van der Waals surface area contributed by atoms with E-state index in [2.05, 4.69) is 0 Å². The fourth-order valence-electron chi connectivity index (χ4n) is 3.29. The monoisotopic (exact) mass is 394 g/mol. The molecular weight excluding hydrogens is 375 g/mol. The quantitative estimate of drug-likeness (QED) is 0.435. The predicted octanol–water partition coefficient (Wildman–Crippen LogP) is 5.87. The molecule has 3 nitrogen and oxygen atoms in total. The molecule has 28 heavy (non-hydrogen) atoms. The number of furan rings is 1. The van der Waals surface area contributed by atoms with Crippen LogP contribution in [0.3, 0.4) is 0 Å². The van der Waals surface area contributed by atoms with Crippen LogP contribution in [0.25, 0.3) is 33.2 Å². The second kappa shape index (κ2) is 6.91. The van der Waals surface area contributed by atoms with Gasteiger partial charge in [0.05, 0.1) is 4.90 Å². The summed E-state index contributed by atoms with van der Waals surface area (Å²) in [5.41, 5.74) is 4.34. The molecule has 1 aromatic heterocycles. The minimum Gasteiger partial charge on any atom is -0.460 e.